The van der Waals surface area contributed by atoms with E-state index in [1.807, 2.05) is 13.8 Å². The largest absolute Gasteiger partial charge is 0.480 e. The number of carboxylic acid groups (broad SMARTS) is 1. The molecule has 0 saturated heterocycles. The molecule has 7 heteroatoms. The maximum Gasteiger partial charge on any atom is 0.326 e. The molecule has 0 aromatic rings. The first-order chi connectivity index (χ1) is 9.15. The van der Waals surface area contributed by atoms with Crippen LogP contribution in [0.5, 0.6) is 0 Å². The zero-order valence-corrected chi connectivity index (χ0v) is 12.5. The summed E-state index contributed by atoms with van der Waals surface area (Å²) in [5.41, 5.74) is 5.66. The summed E-state index contributed by atoms with van der Waals surface area (Å²) >= 11 is 0. The van der Waals surface area contributed by atoms with Crippen molar-refractivity contribution in [3.8, 4) is 0 Å². The van der Waals surface area contributed by atoms with E-state index in [-0.39, 0.29) is 18.4 Å². The predicted molar refractivity (Wildman–Crippen MR) is 74.8 cm³/mol. The first kappa shape index (κ1) is 18.4. The van der Waals surface area contributed by atoms with E-state index < -0.39 is 29.9 Å². The van der Waals surface area contributed by atoms with Crippen molar-refractivity contribution in [2.24, 2.45) is 17.6 Å². The molecule has 116 valence electrons. The van der Waals surface area contributed by atoms with Gasteiger partial charge in [0, 0.05) is 0 Å². The van der Waals surface area contributed by atoms with Gasteiger partial charge in [-0.15, -0.1) is 0 Å². The summed E-state index contributed by atoms with van der Waals surface area (Å²) in [6.45, 7) is 6.99. The van der Waals surface area contributed by atoms with Gasteiger partial charge in [0.25, 0.3) is 0 Å². The molecule has 0 aliphatic carbocycles. The molecule has 0 spiro atoms. The van der Waals surface area contributed by atoms with Crippen molar-refractivity contribution in [2.75, 3.05) is 6.54 Å². The van der Waals surface area contributed by atoms with Gasteiger partial charge < -0.3 is 21.5 Å². The molecule has 0 radical (unpaired) electrons. The Hall–Kier alpha value is -1.63. The minimum atomic E-state index is -1.10. The van der Waals surface area contributed by atoms with Gasteiger partial charge >= 0.3 is 5.97 Å². The normalized spacial score (nSPS) is 13.9. The molecule has 0 fully saturated rings. The summed E-state index contributed by atoms with van der Waals surface area (Å²) in [7, 11) is 0. The van der Waals surface area contributed by atoms with E-state index >= 15 is 0 Å². The lowest BCUT2D eigenvalue weighted by Crippen LogP contribution is -2.50. The topological polar surface area (TPSA) is 122 Å². The third-order valence-corrected chi connectivity index (χ3v) is 2.73. The standard InChI is InChI=1S/C13H25N3O4/c1-7(2)5-9(14)12(18)15-6-10(17)16-11(8(3)4)13(19)20/h7-9,11H,5-6,14H2,1-4H3,(H,15,18)(H,16,17)(H,19,20). The molecule has 2 atom stereocenters. The van der Waals surface area contributed by atoms with Gasteiger partial charge in [-0.3, -0.25) is 9.59 Å². The number of carbonyl (C=O) groups is 3. The fraction of sp³-hybridized carbons (Fsp3) is 0.769. The number of aliphatic carboxylic acids is 1. The zero-order chi connectivity index (χ0) is 15.9. The molecular formula is C13H25N3O4. The van der Waals surface area contributed by atoms with Crippen LogP contribution in [-0.2, 0) is 14.4 Å². The van der Waals surface area contributed by atoms with E-state index in [9.17, 15) is 14.4 Å². The molecular weight excluding hydrogens is 262 g/mol. The van der Waals surface area contributed by atoms with Gasteiger partial charge in [0.05, 0.1) is 12.6 Å². The van der Waals surface area contributed by atoms with Crippen molar-refractivity contribution in [3.63, 3.8) is 0 Å². The minimum Gasteiger partial charge on any atom is -0.480 e. The Balaban J connectivity index is 4.22. The Bertz CT molecular complexity index is 356. The van der Waals surface area contributed by atoms with Crippen LogP contribution in [0.15, 0.2) is 0 Å². The number of hydrogen-bond acceptors (Lipinski definition) is 4. The van der Waals surface area contributed by atoms with Gasteiger partial charge in [-0.05, 0) is 18.3 Å². The van der Waals surface area contributed by atoms with Gasteiger partial charge in [0.15, 0.2) is 0 Å². The van der Waals surface area contributed by atoms with Crippen LogP contribution in [-0.4, -0.2) is 41.5 Å². The zero-order valence-electron chi connectivity index (χ0n) is 12.5. The first-order valence-electron chi connectivity index (χ1n) is 6.70. The molecule has 0 aromatic heterocycles. The van der Waals surface area contributed by atoms with Crippen LogP contribution < -0.4 is 16.4 Å². The van der Waals surface area contributed by atoms with Crippen molar-refractivity contribution >= 4 is 17.8 Å². The maximum absolute atomic E-state index is 11.6. The number of carbonyl (C=O) groups excluding carboxylic acids is 2. The molecule has 0 saturated carbocycles. The predicted octanol–water partition coefficient (Wildman–Crippen LogP) is -0.299. The lowest BCUT2D eigenvalue weighted by molar-refractivity contribution is -0.143. The molecule has 0 heterocycles. The minimum absolute atomic E-state index is 0.240. The Morgan fingerprint density at radius 2 is 1.70 bits per heavy atom. The molecule has 5 N–H and O–H groups in total. The number of rotatable bonds is 8. The van der Waals surface area contributed by atoms with Gasteiger partial charge in [-0.25, -0.2) is 4.79 Å². The first-order valence-corrected chi connectivity index (χ1v) is 6.70. The maximum atomic E-state index is 11.6. The highest BCUT2D eigenvalue weighted by Crippen LogP contribution is 2.03. The summed E-state index contributed by atoms with van der Waals surface area (Å²) in [6, 6.07) is -1.63. The van der Waals surface area contributed by atoms with E-state index in [1.54, 1.807) is 13.8 Å². The summed E-state index contributed by atoms with van der Waals surface area (Å²) in [6.07, 6.45) is 0.525. The Labute approximate surface area is 119 Å². The SMILES string of the molecule is CC(C)CC(N)C(=O)NCC(=O)NC(C(=O)O)C(C)C. The van der Waals surface area contributed by atoms with Gasteiger partial charge in [0.2, 0.25) is 11.8 Å². The van der Waals surface area contributed by atoms with Crippen LogP contribution >= 0.6 is 0 Å². The average Bonchev–Trinajstić information content (AvgIpc) is 2.31. The van der Waals surface area contributed by atoms with Crippen LogP contribution in [0.25, 0.3) is 0 Å². The van der Waals surface area contributed by atoms with Crippen molar-refractivity contribution in [1.29, 1.82) is 0 Å². The van der Waals surface area contributed by atoms with E-state index in [0.29, 0.717) is 6.42 Å². The molecule has 0 rings (SSSR count). The van der Waals surface area contributed by atoms with Crippen LogP contribution in [0.1, 0.15) is 34.1 Å². The number of amides is 2. The Kier molecular flexibility index (Phi) is 7.83. The summed E-state index contributed by atoms with van der Waals surface area (Å²) < 4.78 is 0. The summed E-state index contributed by atoms with van der Waals surface area (Å²) in [5.74, 6) is -2.02. The van der Waals surface area contributed by atoms with Crippen LogP contribution in [0, 0.1) is 11.8 Å². The highest BCUT2D eigenvalue weighted by Gasteiger charge is 2.23. The van der Waals surface area contributed by atoms with Crippen molar-refractivity contribution < 1.29 is 19.5 Å². The second kappa shape index (κ2) is 8.52. The van der Waals surface area contributed by atoms with E-state index in [2.05, 4.69) is 10.6 Å². The highest BCUT2D eigenvalue weighted by molar-refractivity contribution is 5.89. The molecule has 0 aliphatic rings. The van der Waals surface area contributed by atoms with Crippen molar-refractivity contribution in [2.45, 2.75) is 46.2 Å². The Morgan fingerprint density at radius 3 is 2.10 bits per heavy atom. The number of nitrogens with one attached hydrogen (secondary N) is 2. The van der Waals surface area contributed by atoms with Crippen molar-refractivity contribution in [3.05, 3.63) is 0 Å². The lowest BCUT2D eigenvalue weighted by atomic mass is 10.0. The van der Waals surface area contributed by atoms with Crippen molar-refractivity contribution in [1.82, 2.24) is 10.6 Å². The Morgan fingerprint density at radius 1 is 1.15 bits per heavy atom. The van der Waals surface area contributed by atoms with E-state index in [0.717, 1.165) is 0 Å². The molecule has 20 heavy (non-hydrogen) atoms. The molecule has 0 aromatic carbocycles. The average molecular weight is 287 g/mol. The van der Waals surface area contributed by atoms with E-state index in [1.165, 1.54) is 0 Å². The number of hydrogen-bond donors (Lipinski definition) is 4. The smallest absolute Gasteiger partial charge is 0.326 e. The number of nitrogens with two attached hydrogens (primary N) is 1. The van der Waals surface area contributed by atoms with Gasteiger partial charge in [-0.1, -0.05) is 27.7 Å². The fourth-order valence-electron chi connectivity index (χ4n) is 1.65. The molecule has 0 bridgehead atoms. The summed E-state index contributed by atoms with van der Waals surface area (Å²) in [4.78, 5) is 34.1. The van der Waals surface area contributed by atoms with Gasteiger partial charge in [-0.2, -0.15) is 0 Å². The summed E-state index contributed by atoms with van der Waals surface area (Å²) in [5, 5.41) is 13.7. The third kappa shape index (κ3) is 7.08. The molecule has 2 unspecified atom stereocenters. The fourth-order valence-corrected chi connectivity index (χ4v) is 1.65. The molecule has 0 aliphatic heterocycles. The lowest BCUT2D eigenvalue weighted by Gasteiger charge is -2.18. The van der Waals surface area contributed by atoms with Gasteiger partial charge in [0.1, 0.15) is 6.04 Å². The monoisotopic (exact) mass is 287 g/mol. The van der Waals surface area contributed by atoms with Crippen LogP contribution in [0.2, 0.25) is 0 Å². The highest BCUT2D eigenvalue weighted by atomic mass is 16.4. The quantitative estimate of drug-likeness (QED) is 0.488. The number of carboxylic acids is 1. The second-order valence-corrected chi connectivity index (χ2v) is 5.58. The van der Waals surface area contributed by atoms with E-state index in [4.69, 9.17) is 10.8 Å². The second-order valence-electron chi connectivity index (χ2n) is 5.58. The third-order valence-electron chi connectivity index (χ3n) is 2.73. The van der Waals surface area contributed by atoms with Crippen LogP contribution in [0.4, 0.5) is 0 Å². The molecule has 2 amide bonds. The molecule has 7 nitrogen and oxygen atoms in total. The van der Waals surface area contributed by atoms with Crippen LogP contribution in [0.3, 0.4) is 0 Å².